The molecule has 0 amide bonds. The monoisotopic (exact) mass is 303 g/mol. The fourth-order valence-electron chi connectivity index (χ4n) is 2.97. The minimum atomic E-state index is 0.813. The van der Waals surface area contributed by atoms with Crippen molar-refractivity contribution in [1.82, 2.24) is 10.2 Å². The lowest BCUT2D eigenvalue weighted by Gasteiger charge is -2.36. The second kappa shape index (κ2) is 9.86. The van der Waals surface area contributed by atoms with E-state index in [4.69, 9.17) is 0 Å². The summed E-state index contributed by atoms with van der Waals surface area (Å²) >= 11 is 0. The number of hydrogen-bond donors (Lipinski definition) is 1. The number of para-hydroxylation sites is 1. The first kappa shape index (κ1) is 17.3. The normalized spacial score (nSPS) is 16.4. The van der Waals surface area contributed by atoms with E-state index in [2.05, 4.69) is 59.3 Å². The molecule has 0 saturated carbocycles. The van der Waals surface area contributed by atoms with Crippen molar-refractivity contribution in [3.05, 3.63) is 30.3 Å². The lowest BCUT2D eigenvalue weighted by Crippen LogP contribution is -2.46. The number of hydrogen-bond acceptors (Lipinski definition) is 3. The molecule has 22 heavy (non-hydrogen) atoms. The van der Waals surface area contributed by atoms with Gasteiger partial charge in [0.05, 0.1) is 0 Å². The summed E-state index contributed by atoms with van der Waals surface area (Å²) in [5.41, 5.74) is 1.37. The summed E-state index contributed by atoms with van der Waals surface area (Å²) in [4.78, 5) is 5.12. The highest BCUT2D eigenvalue weighted by molar-refractivity contribution is 5.46. The van der Waals surface area contributed by atoms with Gasteiger partial charge in [-0.3, -0.25) is 4.90 Å². The quantitative estimate of drug-likeness (QED) is 0.707. The van der Waals surface area contributed by atoms with Crippen molar-refractivity contribution in [1.29, 1.82) is 0 Å². The Morgan fingerprint density at radius 2 is 1.68 bits per heavy atom. The summed E-state index contributed by atoms with van der Waals surface area (Å²) in [7, 11) is 0. The van der Waals surface area contributed by atoms with Crippen LogP contribution in [-0.4, -0.2) is 50.7 Å². The van der Waals surface area contributed by atoms with E-state index in [9.17, 15) is 0 Å². The first-order chi connectivity index (χ1) is 10.8. The summed E-state index contributed by atoms with van der Waals surface area (Å²) in [6, 6.07) is 10.8. The van der Waals surface area contributed by atoms with Crippen LogP contribution in [-0.2, 0) is 0 Å². The van der Waals surface area contributed by atoms with E-state index < -0.39 is 0 Å². The van der Waals surface area contributed by atoms with Crippen LogP contribution in [0.2, 0.25) is 0 Å². The molecule has 3 nitrogen and oxygen atoms in total. The standard InChI is InChI=1S/C19H33N3/c1-18(2)10-12-20-11-6-7-13-21-14-16-22(17-15-21)19-8-4-3-5-9-19/h3-5,8-9,18,20H,6-7,10-17H2,1-2H3. The third-order valence-corrected chi connectivity index (χ3v) is 4.47. The highest BCUT2D eigenvalue weighted by Gasteiger charge is 2.16. The number of benzene rings is 1. The van der Waals surface area contributed by atoms with Gasteiger partial charge >= 0.3 is 0 Å². The van der Waals surface area contributed by atoms with E-state index in [0.29, 0.717) is 0 Å². The molecule has 0 aliphatic carbocycles. The Labute approximate surface area is 136 Å². The second-order valence-corrected chi connectivity index (χ2v) is 6.80. The molecule has 0 spiro atoms. The summed E-state index contributed by atoms with van der Waals surface area (Å²) in [6.07, 6.45) is 3.92. The van der Waals surface area contributed by atoms with E-state index in [-0.39, 0.29) is 0 Å². The molecule has 124 valence electrons. The zero-order valence-corrected chi connectivity index (χ0v) is 14.4. The van der Waals surface area contributed by atoms with E-state index in [1.165, 1.54) is 57.7 Å². The van der Waals surface area contributed by atoms with Crippen LogP contribution in [0.5, 0.6) is 0 Å². The molecule has 3 heteroatoms. The van der Waals surface area contributed by atoms with Crippen molar-refractivity contribution in [3.63, 3.8) is 0 Å². The second-order valence-electron chi connectivity index (χ2n) is 6.80. The minimum Gasteiger partial charge on any atom is -0.369 e. The molecule has 0 aromatic heterocycles. The number of piperazine rings is 1. The van der Waals surface area contributed by atoms with Crippen LogP contribution in [0.25, 0.3) is 0 Å². The number of unbranched alkanes of at least 4 members (excludes halogenated alkanes) is 1. The van der Waals surface area contributed by atoms with Crippen molar-refractivity contribution in [3.8, 4) is 0 Å². The first-order valence-electron chi connectivity index (χ1n) is 8.99. The lowest BCUT2D eigenvalue weighted by atomic mass is 10.1. The van der Waals surface area contributed by atoms with Crippen LogP contribution in [0, 0.1) is 5.92 Å². The summed E-state index contributed by atoms with van der Waals surface area (Å²) in [5.74, 6) is 0.813. The van der Waals surface area contributed by atoms with Gasteiger partial charge in [-0.05, 0) is 56.9 Å². The van der Waals surface area contributed by atoms with Crippen LogP contribution in [0.1, 0.15) is 33.1 Å². The van der Waals surface area contributed by atoms with Crippen LogP contribution in [0.4, 0.5) is 5.69 Å². The molecule has 1 aromatic carbocycles. The molecule has 1 aromatic rings. The average Bonchev–Trinajstić information content (AvgIpc) is 2.55. The number of anilines is 1. The number of nitrogens with one attached hydrogen (secondary N) is 1. The third-order valence-electron chi connectivity index (χ3n) is 4.47. The molecule has 0 radical (unpaired) electrons. The molecule has 1 heterocycles. The van der Waals surface area contributed by atoms with Crippen molar-refractivity contribution >= 4 is 5.69 Å². The van der Waals surface area contributed by atoms with E-state index >= 15 is 0 Å². The van der Waals surface area contributed by atoms with Gasteiger partial charge in [-0.15, -0.1) is 0 Å². The molecule has 1 fully saturated rings. The Kier molecular flexibility index (Phi) is 7.75. The molecule has 0 unspecified atom stereocenters. The van der Waals surface area contributed by atoms with Gasteiger partial charge in [-0.2, -0.15) is 0 Å². The van der Waals surface area contributed by atoms with Crippen molar-refractivity contribution in [2.75, 3.05) is 50.7 Å². The fraction of sp³-hybridized carbons (Fsp3) is 0.684. The zero-order valence-electron chi connectivity index (χ0n) is 14.4. The van der Waals surface area contributed by atoms with Crippen LogP contribution >= 0.6 is 0 Å². The van der Waals surface area contributed by atoms with Gasteiger partial charge in [-0.1, -0.05) is 32.0 Å². The molecule has 2 rings (SSSR count). The highest BCUT2D eigenvalue weighted by Crippen LogP contribution is 2.15. The molecular weight excluding hydrogens is 270 g/mol. The van der Waals surface area contributed by atoms with E-state index in [1.54, 1.807) is 0 Å². The largest absolute Gasteiger partial charge is 0.369 e. The molecule has 1 saturated heterocycles. The van der Waals surface area contributed by atoms with Crippen molar-refractivity contribution in [2.24, 2.45) is 5.92 Å². The molecule has 1 aliphatic rings. The maximum absolute atomic E-state index is 3.56. The smallest absolute Gasteiger partial charge is 0.0367 e. The van der Waals surface area contributed by atoms with Crippen LogP contribution in [0.15, 0.2) is 30.3 Å². The molecule has 1 aliphatic heterocycles. The summed E-state index contributed by atoms with van der Waals surface area (Å²) in [6.45, 7) is 12.9. The first-order valence-corrected chi connectivity index (χ1v) is 8.99. The Hall–Kier alpha value is -1.06. The van der Waals surface area contributed by atoms with Crippen LogP contribution < -0.4 is 10.2 Å². The van der Waals surface area contributed by atoms with E-state index in [0.717, 1.165) is 19.0 Å². The van der Waals surface area contributed by atoms with Gasteiger partial charge in [0, 0.05) is 31.9 Å². The van der Waals surface area contributed by atoms with E-state index in [1.807, 2.05) is 0 Å². The third kappa shape index (κ3) is 6.37. The SMILES string of the molecule is CC(C)CCNCCCCN1CCN(c2ccccc2)CC1. The zero-order chi connectivity index (χ0) is 15.6. The van der Waals surface area contributed by atoms with Crippen molar-refractivity contribution < 1.29 is 0 Å². The van der Waals surface area contributed by atoms with Gasteiger partial charge < -0.3 is 10.2 Å². The van der Waals surface area contributed by atoms with Gasteiger partial charge in [0.2, 0.25) is 0 Å². The maximum Gasteiger partial charge on any atom is 0.0367 e. The maximum atomic E-state index is 3.56. The Balaban J connectivity index is 1.51. The van der Waals surface area contributed by atoms with Gasteiger partial charge in [-0.25, -0.2) is 0 Å². The summed E-state index contributed by atoms with van der Waals surface area (Å²) < 4.78 is 0. The molecular formula is C19H33N3. The van der Waals surface area contributed by atoms with Gasteiger partial charge in [0.15, 0.2) is 0 Å². The van der Waals surface area contributed by atoms with Crippen LogP contribution in [0.3, 0.4) is 0 Å². The Bertz CT molecular complexity index is 383. The van der Waals surface area contributed by atoms with Gasteiger partial charge in [0.1, 0.15) is 0 Å². The Morgan fingerprint density at radius 1 is 0.955 bits per heavy atom. The van der Waals surface area contributed by atoms with Gasteiger partial charge in [0.25, 0.3) is 0 Å². The predicted octanol–water partition coefficient (Wildman–Crippen LogP) is 3.22. The predicted molar refractivity (Wildman–Crippen MR) is 96.7 cm³/mol. The average molecular weight is 303 g/mol. The fourth-order valence-corrected chi connectivity index (χ4v) is 2.97. The summed E-state index contributed by atoms with van der Waals surface area (Å²) in [5, 5.41) is 3.56. The lowest BCUT2D eigenvalue weighted by molar-refractivity contribution is 0.252. The number of nitrogens with zero attached hydrogens (tertiary/aromatic N) is 2. The van der Waals surface area contributed by atoms with Crippen molar-refractivity contribution in [2.45, 2.75) is 33.1 Å². The highest BCUT2D eigenvalue weighted by atomic mass is 15.3. The molecule has 0 bridgehead atoms. The Morgan fingerprint density at radius 3 is 2.36 bits per heavy atom. The molecule has 1 N–H and O–H groups in total. The molecule has 0 atom stereocenters. The topological polar surface area (TPSA) is 18.5 Å². The minimum absolute atomic E-state index is 0.813. The number of rotatable bonds is 9.